The first kappa shape index (κ1) is 16.4. The summed E-state index contributed by atoms with van der Waals surface area (Å²) in [5.74, 6) is 1.13. The lowest BCUT2D eigenvalue weighted by molar-refractivity contribution is 0.0726. The van der Waals surface area contributed by atoms with Crippen molar-refractivity contribution >= 4 is 5.91 Å². The van der Waals surface area contributed by atoms with E-state index in [1.54, 1.807) is 9.47 Å². The van der Waals surface area contributed by atoms with Crippen molar-refractivity contribution in [1.29, 1.82) is 0 Å². The van der Waals surface area contributed by atoms with Crippen molar-refractivity contribution in [3.63, 3.8) is 0 Å². The van der Waals surface area contributed by atoms with Crippen LogP contribution in [0.3, 0.4) is 0 Å². The maximum atomic E-state index is 13.1. The molecule has 1 N–H and O–H groups in total. The van der Waals surface area contributed by atoms with Gasteiger partial charge < -0.3 is 9.47 Å². The van der Waals surface area contributed by atoms with Crippen molar-refractivity contribution in [2.24, 2.45) is 0 Å². The van der Waals surface area contributed by atoms with Crippen molar-refractivity contribution in [1.82, 2.24) is 24.6 Å². The first-order valence-electron chi connectivity index (χ1n) is 8.35. The summed E-state index contributed by atoms with van der Waals surface area (Å²) in [6.45, 7) is 8.63. The van der Waals surface area contributed by atoms with E-state index in [4.69, 9.17) is 0 Å². The van der Waals surface area contributed by atoms with Crippen LogP contribution in [0.2, 0.25) is 0 Å². The molecular weight excluding hydrogens is 306 g/mol. The second kappa shape index (κ2) is 6.22. The third-order valence-electron chi connectivity index (χ3n) is 4.66. The molecule has 0 saturated carbocycles. The number of nitrogens with one attached hydrogen (secondary N) is 1. The Morgan fingerprint density at radius 2 is 2.12 bits per heavy atom. The molecule has 1 aliphatic rings. The van der Waals surface area contributed by atoms with E-state index in [1.807, 2.05) is 33.8 Å². The van der Waals surface area contributed by atoms with E-state index in [-0.39, 0.29) is 23.1 Å². The van der Waals surface area contributed by atoms with Gasteiger partial charge in [0, 0.05) is 18.8 Å². The van der Waals surface area contributed by atoms with Gasteiger partial charge in [0.05, 0.1) is 6.04 Å². The van der Waals surface area contributed by atoms with E-state index in [1.165, 1.54) is 0 Å². The lowest BCUT2D eigenvalue weighted by Crippen LogP contribution is -2.38. The van der Waals surface area contributed by atoms with Crippen LogP contribution in [0.4, 0.5) is 0 Å². The maximum Gasteiger partial charge on any atom is 0.263 e. The summed E-state index contributed by atoms with van der Waals surface area (Å²) in [7, 11) is 0. The molecule has 0 aromatic carbocycles. The highest BCUT2D eigenvalue weighted by Gasteiger charge is 2.35. The monoisotopic (exact) mass is 329 g/mol. The second-order valence-electron chi connectivity index (χ2n) is 6.33. The number of aromatic nitrogens is 4. The molecule has 1 amide bonds. The Hall–Kier alpha value is -2.44. The zero-order valence-electron chi connectivity index (χ0n) is 14.6. The number of carbonyl (C=O) groups is 1. The summed E-state index contributed by atoms with van der Waals surface area (Å²) in [5, 5.41) is 7.03. The normalized spacial score (nSPS) is 17.5. The van der Waals surface area contributed by atoms with Crippen LogP contribution in [0.25, 0.3) is 0 Å². The van der Waals surface area contributed by atoms with Gasteiger partial charge in [-0.1, -0.05) is 0 Å². The Labute approximate surface area is 140 Å². The Balaban J connectivity index is 2.01. The van der Waals surface area contributed by atoms with Crippen molar-refractivity contribution in [3.8, 4) is 0 Å². The molecule has 128 valence electrons. The molecule has 24 heavy (non-hydrogen) atoms. The molecule has 0 bridgehead atoms. The highest BCUT2D eigenvalue weighted by atomic mass is 16.2. The number of likely N-dealkylation sites (tertiary alicyclic amines) is 1. The average Bonchev–Trinajstić information content (AvgIpc) is 3.15. The van der Waals surface area contributed by atoms with Gasteiger partial charge >= 0.3 is 0 Å². The number of aromatic amines is 1. The lowest BCUT2D eigenvalue weighted by Gasteiger charge is -2.23. The van der Waals surface area contributed by atoms with E-state index in [9.17, 15) is 9.59 Å². The number of aryl methyl sites for hydroxylation is 3. The van der Waals surface area contributed by atoms with Crippen LogP contribution in [0, 0.1) is 20.8 Å². The summed E-state index contributed by atoms with van der Waals surface area (Å²) >= 11 is 0. The fourth-order valence-electron chi connectivity index (χ4n) is 3.51. The van der Waals surface area contributed by atoms with Crippen molar-refractivity contribution in [2.45, 2.75) is 53.1 Å². The van der Waals surface area contributed by atoms with Gasteiger partial charge in [-0.3, -0.25) is 14.7 Å². The predicted molar refractivity (Wildman–Crippen MR) is 90.0 cm³/mol. The summed E-state index contributed by atoms with van der Waals surface area (Å²) in [4.78, 5) is 32.0. The molecule has 1 saturated heterocycles. The molecule has 1 atom stereocenters. The molecule has 7 nitrogen and oxygen atoms in total. The quantitative estimate of drug-likeness (QED) is 0.932. The summed E-state index contributed by atoms with van der Waals surface area (Å²) in [6.07, 6.45) is 1.70. The van der Waals surface area contributed by atoms with E-state index < -0.39 is 0 Å². The van der Waals surface area contributed by atoms with E-state index in [2.05, 4.69) is 15.2 Å². The number of carbonyl (C=O) groups excluding carboxylic acids is 1. The molecule has 7 heteroatoms. The highest BCUT2D eigenvalue weighted by Crippen LogP contribution is 2.31. The van der Waals surface area contributed by atoms with Gasteiger partial charge in [-0.05, 0) is 52.2 Å². The first-order chi connectivity index (χ1) is 11.4. The number of H-pyrrole nitrogens is 1. The van der Waals surface area contributed by atoms with E-state index in [0.717, 1.165) is 29.9 Å². The zero-order valence-corrected chi connectivity index (χ0v) is 14.6. The largest absolute Gasteiger partial charge is 0.328 e. The van der Waals surface area contributed by atoms with Crippen molar-refractivity contribution in [3.05, 3.63) is 44.9 Å². The fourth-order valence-corrected chi connectivity index (χ4v) is 3.51. The smallest absolute Gasteiger partial charge is 0.263 e. The Bertz CT molecular complexity index is 836. The van der Waals surface area contributed by atoms with Crippen LogP contribution >= 0.6 is 0 Å². The first-order valence-corrected chi connectivity index (χ1v) is 8.35. The standard InChI is InChI=1S/C17H23N5O2/c1-5-21-11(3)9-10(2)14(16(21)23)17(24)22-8-6-7-13(22)15-18-12(4)19-20-15/h9,13H,5-8H2,1-4H3,(H,18,19,20)/t13-/m0/s1. The Kier molecular flexibility index (Phi) is 4.26. The van der Waals surface area contributed by atoms with Gasteiger partial charge in [0.15, 0.2) is 5.82 Å². The fraction of sp³-hybridized carbons (Fsp3) is 0.529. The SMILES string of the molecule is CCn1c(C)cc(C)c(C(=O)N2CCC[C@H]2c2n[nH]c(C)n2)c1=O. The summed E-state index contributed by atoms with van der Waals surface area (Å²) in [5.41, 5.74) is 1.65. The number of rotatable bonds is 3. The van der Waals surface area contributed by atoms with Gasteiger partial charge in [0.2, 0.25) is 0 Å². The summed E-state index contributed by atoms with van der Waals surface area (Å²) < 4.78 is 1.64. The molecule has 0 unspecified atom stereocenters. The minimum atomic E-state index is -0.218. The number of amides is 1. The zero-order chi connectivity index (χ0) is 17.4. The predicted octanol–water partition coefficient (Wildman–Crippen LogP) is 1.89. The Morgan fingerprint density at radius 1 is 1.38 bits per heavy atom. The van der Waals surface area contributed by atoms with E-state index in [0.29, 0.717) is 18.9 Å². The minimum absolute atomic E-state index is 0.169. The van der Waals surface area contributed by atoms with Gasteiger partial charge in [-0.15, -0.1) is 0 Å². The van der Waals surface area contributed by atoms with Gasteiger partial charge in [0.25, 0.3) is 11.5 Å². The van der Waals surface area contributed by atoms with Crippen LogP contribution in [0.1, 0.15) is 59.1 Å². The topological polar surface area (TPSA) is 83.9 Å². The molecule has 3 rings (SSSR count). The van der Waals surface area contributed by atoms with E-state index >= 15 is 0 Å². The molecule has 3 heterocycles. The number of nitrogens with zero attached hydrogens (tertiary/aromatic N) is 4. The molecule has 1 aliphatic heterocycles. The molecule has 1 fully saturated rings. The third-order valence-corrected chi connectivity index (χ3v) is 4.66. The van der Waals surface area contributed by atoms with Crippen molar-refractivity contribution in [2.75, 3.05) is 6.54 Å². The number of pyridine rings is 1. The molecule has 2 aromatic rings. The molecule has 0 aliphatic carbocycles. The second-order valence-corrected chi connectivity index (χ2v) is 6.33. The highest BCUT2D eigenvalue weighted by molar-refractivity contribution is 5.95. The third kappa shape index (κ3) is 2.64. The van der Waals surface area contributed by atoms with Gasteiger partial charge in [-0.25, -0.2) is 4.98 Å². The number of hydrogen-bond donors (Lipinski definition) is 1. The summed E-state index contributed by atoms with van der Waals surface area (Å²) in [6, 6.07) is 1.73. The van der Waals surface area contributed by atoms with Gasteiger partial charge in [0.1, 0.15) is 11.4 Å². The van der Waals surface area contributed by atoms with Gasteiger partial charge in [-0.2, -0.15) is 5.10 Å². The maximum absolute atomic E-state index is 13.1. The van der Waals surface area contributed by atoms with Crippen LogP contribution in [-0.4, -0.2) is 37.1 Å². The van der Waals surface area contributed by atoms with Crippen LogP contribution < -0.4 is 5.56 Å². The van der Waals surface area contributed by atoms with Crippen LogP contribution in [0.5, 0.6) is 0 Å². The molecule has 0 spiro atoms. The van der Waals surface area contributed by atoms with Crippen molar-refractivity contribution < 1.29 is 4.79 Å². The average molecular weight is 329 g/mol. The molecule has 0 radical (unpaired) electrons. The van der Waals surface area contributed by atoms with Crippen LogP contribution in [0.15, 0.2) is 10.9 Å². The molecule has 2 aromatic heterocycles. The minimum Gasteiger partial charge on any atom is -0.328 e. The number of hydrogen-bond acceptors (Lipinski definition) is 4. The van der Waals surface area contributed by atoms with Crippen LogP contribution in [-0.2, 0) is 6.54 Å². The lowest BCUT2D eigenvalue weighted by atomic mass is 10.1. The molecular formula is C17H23N5O2. The Morgan fingerprint density at radius 3 is 2.75 bits per heavy atom.